The van der Waals surface area contributed by atoms with Gasteiger partial charge in [-0.3, -0.25) is 4.90 Å². The Bertz CT molecular complexity index is 301. The fourth-order valence-corrected chi connectivity index (χ4v) is 2.09. The standard InChI is InChI=1S/C12H20N2O3/c1-3-4-7-17-12(16)14-9(2)11(15)8-10(14)5-6-13/h9-11,15H,3-5,7-8H2,1-2H3/t9-,10+,11+/m0/s1. The Kier molecular flexibility index (Phi) is 5.23. The summed E-state index contributed by atoms with van der Waals surface area (Å²) in [4.78, 5) is 13.3. The van der Waals surface area contributed by atoms with Gasteiger partial charge >= 0.3 is 6.09 Å². The van der Waals surface area contributed by atoms with Crippen LogP contribution in [0.2, 0.25) is 0 Å². The summed E-state index contributed by atoms with van der Waals surface area (Å²) in [5, 5.41) is 18.4. The van der Waals surface area contributed by atoms with E-state index in [1.807, 2.05) is 13.0 Å². The summed E-state index contributed by atoms with van der Waals surface area (Å²) in [5.41, 5.74) is 0. The summed E-state index contributed by atoms with van der Waals surface area (Å²) in [5.74, 6) is 0. The van der Waals surface area contributed by atoms with Crippen molar-refractivity contribution in [2.45, 2.75) is 57.7 Å². The van der Waals surface area contributed by atoms with E-state index in [0.717, 1.165) is 12.8 Å². The third kappa shape index (κ3) is 3.34. The van der Waals surface area contributed by atoms with Crippen molar-refractivity contribution in [2.75, 3.05) is 6.61 Å². The van der Waals surface area contributed by atoms with Crippen molar-refractivity contribution < 1.29 is 14.6 Å². The molecule has 0 aliphatic carbocycles. The highest BCUT2D eigenvalue weighted by Crippen LogP contribution is 2.27. The molecule has 0 saturated carbocycles. The molecule has 1 aliphatic heterocycles. The summed E-state index contributed by atoms with van der Waals surface area (Å²) < 4.78 is 5.13. The number of hydrogen-bond donors (Lipinski definition) is 1. The molecule has 1 heterocycles. The molecule has 0 aromatic rings. The molecule has 0 bridgehead atoms. The average molecular weight is 240 g/mol. The van der Waals surface area contributed by atoms with Crippen LogP contribution in [-0.2, 0) is 4.74 Å². The molecule has 1 aliphatic rings. The summed E-state index contributed by atoms with van der Waals surface area (Å²) in [6.07, 6.45) is 1.52. The number of aliphatic hydroxyl groups is 1. The van der Waals surface area contributed by atoms with E-state index in [0.29, 0.717) is 13.0 Å². The van der Waals surface area contributed by atoms with Crippen LogP contribution in [0.25, 0.3) is 0 Å². The fourth-order valence-electron chi connectivity index (χ4n) is 2.09. The molecule has 1 rings (SSSR count). The molecule has 1 fully saturated rings. The van der Waals surface area contributed by atoms with E-state index in [2.05, 4.69) is 0 Å². The van der Waals surface area contributed by atoms with Crippen molar-refractivity contribution in [1.29, 1.82) is 5.26 Å². The van der Waals surface area contributed by atoms with E-state index in [1.165, 1.54) is 4.90 Å². The van der Waals surface area contributed by atoms with Gasteiger partial charge in [0.15, 0.2) is 0 Å². The second kappa shape index (κ2) is 6.45. The van der Waals surface area contributed by atoms with E-state index in [9.17, 15) is 9.90 Å². The predicted molar refractivity (Wildman–Crippen MR) is 62.2 cm³/mol. The molecule has 1 saturated heterocycles. The number of aliphatic hydroxyl groups excluding tert-OH is 1. The van der Waals surface area contributed by atoms with Crippen LogP contribution in [0.1, 0.15) is 39.5 Å². The highest BCUT2D eigenvalue weighted by atomic mass is 16.6. The second-order valence-corrected chi connectivity index (χ2v) is 4.43. The first-order chi connectivity index (χ1) is 8.11. The van der Waals surface area contributed by atoms with Gasteiger partial charge in [-0.1, -0.05) is 13.3 Å². The molecule has 0 spiro atoms. The first-order valence-electron chi connectivity index (χ1n) is 6.11. The molecule has 5 nitrogen and oxygen atoms in total. The van der Waals surface area contributed by atoms with Crippen molar-refractivity contribution in [3.63, 3.8) is 0 Å². The van der Waals surface area contributed by atoms with Crippen molar-refractivity contribution in [1.82, 2.24) is 4.90 Å². The zero-order chi connectivity index (χ0) is 12.8. The van der Waals surface area contributed by atoms with Crippen LogP contribution < -0.4 is 0 Å². The fraction of sp³-hybridized carbons (Fsp3) is 0.833. The second-order valence-electron chi connectivity index (χ2n) is 4.43. The van der Waals surface area contributed by atoms with Gasteiger partial charge in [-0.05, 0) is 19.8 Å². The van der Waals surface area contributed by atoms with Gasteiger partial charge in [-0.2, -0.15) is 5.26 Å². The maximum atomic E-state index is 11.8. The molecule has 17 heavy (non-hydrogen) atoms. The van der Waals surface area contributed by atoms with Crippen molar-refractivity contribution in [3.05, 3.63) is 0 Å². The predicted octanol–water partition coefficient (Wildman–Crippen LogP) is 1.66. The number of unbranched alkanes of at least 4 members (excludes halogenated alkanes) is 1. The minimum Gasteiger partial charge on any atom is -0.449 e. The Morgan fingerprint density at radius 3 is 2.94 bits per heavy atom. The summed E-state index contributed by atoms with van der Waals surface area (Å²) in [7, 11) is 0. The number of amides is 1. The highest BCUT2D eigenvalue weighted by Gasteiger charge is 2.41. The maximum absolute atomic E-state index is 11.8. The Morgan fingerprint density at radius 1 is 1.65 bits per heavy atom. The van der Waals surface area contributed by atoms with Gasteiger partial charge in [0.1, 0.15) is 0 Å². The van der Waals surface area contributed by atoms with Gasteiger partial charge in [0.2, 0.25) is 0 Å². The van der Waals surface area contributed by atoms with Crippen molar-refractivity contribution in [3.8, 4) is 6.07 Å². The number of likely N-dealkylation sites (tertiary alicyclic amines) is 1. The number of carbonyl (C=O) groups is 1. The quantitative estimate of drug-likeness (QED) is 0.758. The van der Waals surface area contributed by atoms with Crippen LogP contribution in [0, 0.1) is 11.3 Å². The number of nitriles is 1. The molecule has 1 amide bonds. The number of nitrogens with zero attached hydrogens (tertiary/aromatic N) is 2. The number of rotatable bonds is 4. The van der Waals surface area contributed by atoms with Crippen LogP contribution >= 0.6 is 0 Å². The normalized spacial score (nSPS) is 27.9. The number of carbonyl (C=O) groups excluding carboxylic acids is 1. The van der Waals surface area contributed by atoms with E-state index >= 15 is 0 Å². The van der Waals surface area contributed by atoms with Gasteiger partial charge in [0, 0.05) is 0 Å². The molecule has 3 atom stereocenters. The summed E-state index contributed by atoms with van der Waals surface area (Å²) in [6, 6.07) is 1.54. The molecule has 0 radical (unpaired) electrons. The van der Waals surface area contributed by atoms with E-state index in [1.54, 1.807) is 6.92 Å². The van der Waals surface area contributed by atoms with Crippen LogP contribution in [0.5, 0.6) is 0 Å². The summed E-state index contributed by atoms with van der Waals surface area (Å²) >= 11 is 0. The number of hydrogen-bond acceptors (Lipinski definition) is 4. The lowest BCUT2D eigenvalue weighted by Gasteiger charge is -2.26. The smallest absolute Gasteiger partial charge is 0.410 e. The zero-order valence-electron chi connectivity index (χ0n) is 10.4. The topological polar surface area (TPSA) is 73.6 Å². The lowest BCUT2D eigenvalue weighted by molar-refractivity contribution is 0.0718. The van der Waals surface area contributed by atoms with Gasteiger partial charge < -0.3 is 9.84 Å². The summed E-state index contributed by atoms with van der Waals surface area (Å²) in [6.45, 7) is 4.20. The first kappa shape index (κ1) is 13.8. The van der Waals surface area contributed by atoms with E-state index < -0.39 is 12.2 Å². The van der Waals surface area contributed by atoms with Gasteiger partial charge in [0.05, 0.1) is 37.3 Å². The van der Waals surface area contributed by atoms with Crippen LogP contribution in [0.4, 0.5) is 4.79 Å². The Morgan fingerprint density at radius 2 is 2.35 bits per heavy atom. The molecular formula is C12H20N2O3. The minimum absolute atomic E-state index is 0.223. The first-order valence-corrected chi connectivity index (χ1v) is 6.11. The molecule has 96 valence electrons. The van der Waals surface area contributed by atoms with Gasteiger partial charge in [-0.25, -0.2) is 4.79 Å². The number of ether oxygens (including phenoxy) is 1. The molecule has 0 aromatic heterocycles. The molecule has 1 N–H and O–H groups in total. The zero-order valence-corrected chi connectivity index (χ0v) is 10.4. The van der Waals surface area contributed by atoms with Crippen molar-refractivity contribution in [2.24, 2.45) is 0 Å². The van der Waals surface area contributed by atoms with Gasteiger partial charge in [0.25, 0.3) is 0 Å². The molecule has 5 heteroatoms. The largest absolute Gasteiger partial charge is 0.449 e. The maximum Gasteiger partial charge on any atom is 0.410 e. The molecule has 0 unspecified atom stereocenters. The van der Waals surface area contributed by atoms with Gasteiger partial charge in [-0.15, -0.1) is 0 Å². The Labute approximate surface area is 102 Å². The average Bonchev–Trinajstić information content (AvgIpc) is 2.55. The monoisotopic (exact) mass is 240 g/mol. The minimum atomic E-state index is -0.563. The Hall–Kier alpha value is -1.28. The van der Waals surface area contributed by atoms with Crippen molar-refractivity contribution >= 4 is 6.09 Å². The lowest BCUT2D eigenvalue weighted by atomic mass is 10.1. The Balaban J connectivity index is 2.58. The SMILES string of the molecule is CCCCOC(=O)N1[C@H](CC#N)C[C@@H](O)[C@@H]1C. The van der Waals surface area contributed by atoms with Crippen LogP contribution in [0.3, 0.4) is 0 Å². The molecular weight excluding hydrogens is 220 g/mol. The van der Waals surface area contributed by atoms with Crippen LogP contribution in [0.15, 0.2) is 0 Å². The molecule has 0 aromatic carbocycles. The lowest BCUT2D eigenvalue weighted by Crippen LogP contribution is -2.42. The van der Waals surface area contributed by atoms with Crippen LogP contribution in [-0.4, -0.2) is 40.9 Å². The van der Waals surface area contributed by atoms with E-state index in [4.69, 9.17) is 10.00 Å². The van der Waals surface area contributed by atoms with E-state index in [-0.39, 0.29) is 18.5 Å². The highest BCUT2D eigenvalue weighted by molar-refractivity contribution is 5.69. The third-order valence-electron chi connectivity index (χ3n) is 3.16. The third-order valence-corrected chi connectivity index (χ3v) is 3.16.